The molecule has 19 heavy (non-hydrogen) atoms. The van der Waals surface area contributed by atoms with Crippen LogP contribution in [-0.4, -0.2) is 43.8 Å². The van der Waals surface area contributed by atoms with Crippen LogP contribution in [0.15, 0.2) is 33.6 Å². The predicted octanol–water partition coefficient (Wildman–Crippen LogP) is -1.59. The summed E-state index contributed by atoms with van der Waals surface area (Å²) in [5, 5.41) is 20.6. The van der Waals surface area contributed by atoms with Gasteiger partial charge in [0, 0.05) is 12.2 Å². The molecule has 0 saturated heterocycles. The van der Waals surface area contributed by atoms with Gasteiger partial charge in [0.15, 0.2) is 0 Å². The van der Waals surface area contributed by atoms with E-state index in [9.17, 15) is 8.42 Å². The highest BCUT2D eigenvalue weighted by molar-refractivity contribution is 7.90. The number of rotatable bonds is 6. The SMILES string of the molecule is NC(N)=NS(=O)(=O)c1ccc(NCC(O)CO)cc1. The van der Waals surface area contributed by atoms with Gasteiger partial charge in [-0.1, -0.05) is 0 Å². The largest absolute Gasteiger partial charge is 0.394 e. The number of nitrogens with two attached hydrogens (primary N) is 2. The van der Waals surface area contributed by atoms with Crippen LogP contribution in [0.2, 0.25) is 0 Å². The van der Waals surface area contributed by atoms with E-state index in [2.05, 4.69) is 9.71 Å². The normalized spacial score (nSPS) is 12.7. The molecule has 0 spiro atoms. The van der Waals surface area contributed by atoms with Crippen LogP contribution in [-0.2, 0) is 10.0 Å². The molecule has 0 aliphatic heterocycles. The van der Waals surface area contributed by atoms with Gasteiger partial charge in [-0.25, -0.2) is 0 Å². The lowest BCUT2D eigenvalue weighted by atomic mass is 10.3. The third-order valence-electron chi connectivity index (χ3n) is 2.13. The number of hydrogen-bond acceptors (Lipinski definition) is 5. The van der Waals surface area contributed by atoms with E-state index in [0.29, 0.717) is 5.69 Å². The number of aliphatic hydroxyl groups excluding tert-OH is 2. The maximum atomic E-state index is 11.6. The first-order valence-electron chi connectivity index (χ1n) is 5.34. The van der Waals surface area contributed by atoms with Crippen LogP contribution < -0.4 is 16.8 Å². The molecular weight excluding hydrogens is 272 g/mol. The molecule has 0 bridgehead atoms. The van der Waals surface area contributed by atoms with E-state index in [-0.39, 0.29) is 18.0 Å². The van der Waals surface area contributed by atoms with Crippen molar-refractivity contribution in [3.8, 4) is 0 Å². The highest BCUT2D eigenvalue weighted by Gasteiger charge is 2.12. The molecule has 0 aliphatic rings. The standard InChI is InChI=1S/C10H16N4O4S/c11-10(12)14-19(17,18)9-3-1-7(2-4-9)13-5-8(16)6-15/h1-4,8,13,15-16H,5-6H2,(H4,11,12,14). The molecule has 0 fully saturated rings. The average molecular weight is 288 g/mol. The summed E-state index contributed by atoms with van der Waals surface area (Å²) >= 11 is 0. The smallest absolute Gasteiger partial charge is 0.285 e. The third-order valence-corrected chi connectivity index (χ3v) is 3.45. The Morgan fingerprint density at radius 2 is 1.89 bits per heavy atom. The van der Waals surface area contributed by atoms with Crippen molar-refractivity contribution >= 4 is 21.7 Å². The first-order chi connectivity index (χ1) is 8.85. The minimum absolute atomic E-state index is 0.0471. The molecule has 106 valence electrons. The van der Waals surface area contributed by atoms with Crippen LogP contribution >= 0.6 is 0 Å². The Bertz CT molecular complexity index is 537. The zero-order valence-corrected chi connectivity index (χ0v) is 10.8. The molecule has 0 amide bonds. The molecule has 1 aromatic carbocycles. The second kappa shape index (κ2) is 6.36. The number of nitrogens with zero attached hydrogens (tertiary/aromatic N) is 1. The van der Waals surface area contributed by atoms with Gasteiger partial charge < -0.3 is 27.0 Å². The topological polar surface area (TPSA) is 151 Å². The summed E-state index contributed by atoms with van der Waals surface area (Å²) in [4.78, 5) is -0.0471. The molecule has 0 heterocycles. The van der Waals surface area contributed by atoms with E-state index in [1.165, 1.54) is 24.3 Å². The number of sulfonamides is 1. The van der Waals surface area contributed by atoms with Crippen molar-refractivity contribution in [1.29, 1.82) is 0 Å². The summed E-state index contributed by atoms with van der Waals surface area (Å²) in [5.41, 5.74) is 10.6. The van der Waals surface area contributed by atoms with E-state index in [1.807, 2.05) is 0 Å². The van der Waals surface area contributed by atoms with Gasteiger partial charge in [0.1, 0.15) is 0 Å². The number of anilines is 1. The van der Waals surface area contributed by atoms with E-state index >= 15 is 0 Å². The lowest BCUT2D eigenvalue weighted by Gasteiger charge is -2.10. The second-order valence-corrected chi connectivity index (χ2v) is 5.34. The van der Waals surface area contributed by atoms with E-state index in [0.717, 1.165) is 0 Å². The number of benzene rings is 1. The molecule has 0 aromatic heterocycles. The monoisotopic (exact) mass is 288 g/mol. The molecule has 1 aromatic rings. The van der Waals surface area contributed by atoms with Gasteiger partial charge in [0.2, 0.25) is 5.96 Å². The molecular formula is C10H16N4O4S. The van der Waals surface area contributed by atoms with Crippen LogP contribution in [0.3, 0.4) is 0 Å². The summed E-state index contributed by atoms with van der Waals surface area (Å²) in [6.07, 6.45) is -0.884. The minimum atomic E-state index is -3.89. The van der Waals surface area contributed by atoms with Crippen LogP contribution in [0.25, 0.3) is 0 Å². The fourth-order valence-corrected chi connectivity index (χ4v) is 2.10. The van der Waals surface area contributed by atoms with Crippen molar-refractivity contribution in [1.82, 2.24) is 0 Å². The third kappa shape index (κ3) is 4.73. The molecule has 1 atom stereocenters. The second-order valence-electron chi connectivity index (χ2n) is 3.73. The predicted molar refractivity (Wildman–Crippen MR) is 71.0 cm³/mol. The fourth-order valence-electron chi connectivity index (χ4n) is 1.24. The molecule has 0 radical (unpaired) electrons. The van der Waals surface area contributed by atoms with Crippen molar-refractivity contribution in [3.05, 3.63) is 24.3 Å². The van der Waals surface area contributed by atoms with Crippen molar-refractivity contribution in [2.24, 2.45) is 15.9 Å². The zero-order chi connectivity index (χ0) is 14.5. The number of hydrogen-bond donors (Lipinski definition) is 5. The van der Waals surface area contributed by atoms with Gasteiger partial charge >= 0.3 is 0 Å². The summed E-state index contributed by atoms with van der Waals surface area (Å²) < 4.78 is 26.4. The Hall–Kier alpha value is -1.84. The quantitative estimate of drug-likeness (QED) is 0.313. The summed E-state index contributed by atoms with van der Waals surface area (Å²) in [5.74, 6) is -0.534. The first-order valence-corrected chi connectivity index (χ1v) is 6.78. The van der Waals surface area contributed by atoms with Gasteiger partial charge in [0.25, 0.3) is 10.0 Å². The van der Waals surface area contributed by atoms with Gasteiger partial charge in [-0.05, 0) is 24.3 Å². The number of guanidine groups is 1. The van der Waals surface area contributed by atoms with Crippen molar-refractivity contribution in [3.63, 3.8) is 0 Å². The Morgan fingerprint density at radius 1 is 1.32 bits per heavy atom. The summed E-state index contributed by atoms with van der Waals surface area (Å²) in [6, 6.07) is 5.66. The van der Waals surface area contributed by atoms with Crippen molar-refractivity contribution in [2.75, 3.05) is 18.5 Å². The molecule has 9 heteroatoms. The number of nitrogens with one attached hydrogen (secondary N) is 1. The maximum Gasteiger partial charge on any atom is 0.285 e. The Labute approximate surface area is 110 Å². The molecule has 8 nitrogen and oxygen atoms in total. The Kier molecular flexibility index (Phi) is 5.10. The molecule has 0 aliphatic carbocycles. The Balaban J connectivity index is 2.80. The lowest BCUT2D eigenvalue weighted by molar-refractivity contribution is 0.105. The molecule has 1 rings (SSSR count). The fraction of sp³-hybridized carbons (Fsp3) is 0.300. The van der Waals surface area contributed by atoms with Crippen molar-refractivity contribution < 1.29 is 18.6 Å². The number of aliphatic hydroxyl groups is 2. The first kappa shape index (κ1) is 15.2. The zero-order valence-electron chi connectivity index (χ0n) is 10.0. The highest BCUT2D eigenvalue weighted by Crippen LogP contribution is 2.15. The van der Waals surface area contributed by atoms with Crippen LogP contribution in [0.1, 0.15) is 0 Å². The lowest BCUT2D eigenvalue weighted by Crippen LogP contribution is -2.24. The van der Waals surface area contributed by atoms with Gasteiger partial charge in [-0.2, -0.15) is 8.42 Å². The van der Waals surface area contributed by atoms with Gasteiger partial charge in [-0.15, -0.1) is 4.40 Å². The molecule has 0 saturated carbocycles. The Morgan fingerprint density at radius 3 is 2.37 bits per heavy atom. The van der Waals surface area contributed by atoms with Crippen molar-refractivity contribution in [2.45, 2.75) is 11.0 Å². The van der Waals surface area contributed by atoms with E-state index in [1.54, 1.807) is 0 Å². The van der Waals surface area contributed by atoms with Gasteiger partial charge in [-0.3, -0.25) is 0 Å². The maximum absolute atomic E-state index is 11.6. The molecule has 7 N–H and O–H groups in total. The van der Waals surface area contributed by atoms with Crippen LogP contribution in [0, 0.1) is 0 Å². The van der Waals surface area contributed by atoms with E-state index < -0.39 is 22.1 Å². The van der Waals surface area contributed by atoms with Crippen LogP contribution in [0.4, 0.5) is 5.69 Å². The van der Waals surface area contributed by atoms with E-state index in [4.69, 9.17) is 21.7 Å². The minimum Gasteiger partial charge on any atom is -0.394 e. The average Bonchev–Trinajstić information content (AvgIpc) is 2.35. The van der Waals surface area contributed by atoms with Crippen LogP contribution in [0.5, 0.6) is 0 Å². The van der Waals surface area contributed by atoms with Gasteiger partial charge in [0.05, 0.1) is 17.6 Å². The summed E-state index contributed by atoms with van der Waals surface area (Å²) in [6.45, 7) is -0.208. The highest BCUT2D eigenvalue weighted by atomic mass is 32.2. The molecule has 1 unspecified atom stereocenters. The summed E-state index contributed by atoms with van der Waals surface area (Å²) in [7, 11) is -3.89.